The Morgan fingerprint density at radius 2 is 2.12 bits per heavy atom. The summed E-state index contributed by atoms with van der Waals surface area (Å²) in [7, 11) is 3.38. The van der Waals surface area contributed by atoms with Crippen molar-refractivity contribution in [1.82, 2.24) is 15.1 Å². The van der Waals surface area contributed by atoms with Gasteiger partial charge in [0, 0.05) is 44.6 Å². The Morgan fingerprint density at radius 1 is 1.35 bits per heavy atom. The molecule has 1 aromatic carbocycles. The zero-order valence-corrected chi connectivity index (χ0v) is 14.9. The first-order chi connectivity index (χ1) is 12.6. The number of benzene rings is 1. The molecule has 7 heteroatoms. The number of nitrogens with zero attached hydrogens (tertiary/aromatic N) is 4. The molecule has 7 nitrogen and oxygen atoms in total. The van der Waals surface area contributed by atoms with Gasteiger partial charge in [0.25, 0.3) is 5.91 Å². The molecular formula is C19H21N5O2. The zero-order chi connectivity index (χ0) is 18.6. The van der Waals surface area contributed by atoms with Crippen LogP contribution in [0.25, 0.3) is 11.3 Å². The maximum absolute atomic E-state index is 12.7. The third-order valence-corrected chi connectivity index (χ3v) is 4.30. The average molecular weight is 351 g/mol. The molecule has 1 amide bonds. The normalized spacial score (nSPS) is 13.9. The minimum atomic E-state index is -0.403. The number of nitrogens with one attached hydrogen (secondary N) is 1. The summed E-state index contributed by atoms with van der Waals surface area (Å²) in [5, 5.41) is 15.5. The van der Waals surface area contributed by atoms with E-state index in [2.05, 4.69) is 26.6 Å². The number of aryl methyl sites for hydroxylation is 1. The molecule has 134 valence electrons. The van der Waals surface area contributed by atoms with Gasteiger partial charge >= 0.3 is 0 Å². The topological polar surface area (TPSA) is 80.9 Å². The lowest BCUT2D eigenvalue weighted by molar-refractivity contribution is 0.0952. The molecule has 0 atom stereocenters. The van der Waals surface area contributed by atoms with Gasteiger partial charge in [0.2, 0.25) is 0 Å². The van der Waals surface area contributed by atoms with Gasteiger partial charge in [-0.15, -0.1) is 12.3 Å². The van der Waals surface area contributed by atoms with Crippen LogP contribution in [-0.2, 0) is 7.05 Å². The van der Waals surface area contributed by atoms with E-state index in [0.29, 0.717) is 36.4 Å². The van der Waals surface area contributed by atoms with Crippen LogP contribution in [0, 0.1) is 12.3 Å². The SMILES string of the molecule is C#CCCC1(CCNC(=O)c2cn(C)nc2-c2ccccc2OC)N=N1. The first-order valence-electron chi connectivity index (χ1n) is 8.41. The fraction of sp³-hybridized carbons (Fsp3) is 0.368. The highest BCUT2D eigenvalue weighted by Crippen LogP contribution is 2.36. The molecule has 0 saturated heterocycles. The van der Waals surface area contributed by atoms with E-state index in [0.717, 1.165) is 12.0 Å². The lowest BCUT2D eigenvalue weighted by atomic mass is 10.0. The predicted molar refractivity (Wildman–Crippen MR) is 97.8 cm³/mol. The minimum absolute atomic E-state index is 0.188. The second-order valence-corrected chi connectivity index (χ2v) is 6.16. The Kier molecular flexibility index (Phi) is 5.03. The maximum Gasteiger partial charge on any atom is 0.255 e. The fourth-order valence-electron chi connectivity index (χ4n) is 2.83. The molecule has 0 fully saturated rings. The molecule has 0 saturated carbocycles. The molecular weight excluding hydrogens is 330 g/mol. The molecule has 1 aromatic heterocycles. The van der Waals surface area contributed by atoms with Crippen LogP contribution in [0.1, 0.15) is 29.6 Å². The second kappa shape index (κ2) is 7.40. The first kappa shape index (κ1) is 17.7. The van der Waals surface area contributed by atoms with Crippen molar-refractivity contribution in [2.45, 2.75) is 24.9 Å². The molecule has 26 heavy (non-hydrogen) atoms. The summed E-state index contributed by atoms with van der Waals surface area (Å²) in [6.07, 6.45) is 8.99. The van der Waals surface area contributed by atoms with Crippen molar-refractivity contribution in [2.24, 2.45) is 17.3 Å². The summed E-state index contributed by atoms with van der Waals surface area (Å²) in [6.45, 7) is 0.469. The van der Waals surface area contributed by atoms with Crippen LogP contribution in [-0.4, -0.2) is 35.0 Å². The maximum atomic E-state index is 12.7. The molecule has 3 rings (SSSR count). The van der Waals surface area contributed by atoms with Crippen molar-refractivity contribution in [2.75, 3.05) is 13.7 Å². The summed E-state index contributed by atoms with van der Waals surface area (Å²) in [4.78, 5) is 12.7. The van der Waals surface area contributed by atoms with Crippen LogP contribution >= 0.6 is 0 Å². The quantitative estimate of drug-likeness (QED) is 0.743. The molecule has 0 bridgehead atoms. The summed E-state index contributed by atoms with van der Waals surface area (Å²) in [6, 6.07) is 7.49. The van der Waals surface area contributed by atoms with E-state index >= 15 is 0 Å². The average Bonchev–Trinajstić information content (AvgIpc) is 3.32. The number of amides is 1. The van der Waals surface area contributed by atoms with Crippen molar-refractivity contribution in [3.63, 3.8) is 0 Å². The van der Waals surface area contributed by atoms with Crippen LogP contribution < -0.4 is 10.1 Å². The smallest absolute Gasteiger partial charge is 0.255 e. The molecule has 2 aromatic rings. The number of para-hydroxylation sites is 1. The molecule has 0 unspecified atom stereocenters. The summed E-state index contributed by atoms with van der Waals surface area (Å²) >= 11 is 0. The molecule has 2 heterocycles. The number of ether oxygens (including phenoxy) is 1. The Hall–Kier alpha value is -3.14. The number of hydrogen-bond donors (Lipinski definition) is 1. The molecule has 0 spiro atoms. The summed E-state index contributed by atoms with van der Waals surface area (Å²) in [5.74, 6) is 3.08. The largest absolute Gasteiger partial charge is 0.496 e. The second-order valence-electron chi connectivity index (χ2n) is 6.16. The Balaban J connectivity index is 1.70. The van der Waals surface area contributed by atoms with Crippen LogP contribution in [0.3, 0.4) is 0 Å². The highest BCUT2D eigenvalue weighted by molar-refractivity contribution is 6.00. The van der Waals surface area contributed by atoms with Gasteiger partial charge in [-0.2, -0.15) is 15.3 Å². The van der Waals surface area contributed by atoms with Crippen molar-refractivity contribution in [1.29, 1.82) is 0 Å². The third kappa shape index (κ3) is 3.75. The molecule has 1 aliphatic rings. The van der Waals surface area contributed by atoms with Crippen LogP contribution in [0.15, 0.2) is 40.7 Å². The van der Waals surface area contributed by atoms with Crippen molar-refractivity contribution < 1.29 is 9.53 Å². The highest BCUT2D eigenvalue weighted by atomic mass is 16.5. The molecule has 0 aliphatic carbocycles. The third-order valence-electron chi connectivity index (χ3n) is 4.30. The number of carbonyl (C=O) groups excluding carboxylic acids is 1. The monoisotopic (exact) mass is 351 g/mol. The number of aromatic nitrogens is 2. The highest BCUT2D eigenvalue weighted by Gasteiger charge is 2.38. The lowest BCUT2D eigenvalue weighted by Gasteiger charge is -2.10. The number of carbonyl (C=O) groups is 1. The summed E-state index contributed by atoms with van der Waals surface area (Å²) < 4.78 is 7.02. The number of hydrogen-bond acceptors (Lipinski definition) is 5. The lowest BCUT2D eigenvalue weighted by Crippen LogP contribution is -2.28. The number of methoxy groups -OCH3 is 1. The van der Waals surface area contributed by atoms with Crippen molar-refractivity contribution in [3.05, 3.63) is 36.0 Å². The van der Waals surface area contributed by atoms with Gasteiger partial charge in [0.15, 0.2) is 5.66 Å². The Labute approximate surface area is 152 Å². The van der Waals surface area contributed by atoms with E-state index in [4.69, 9.17) is 11.2 Å². The van der Waals surface area contributed by atoms with Crippen LogP contribution in [0.2, 0.25) is 0 Å². The van der Waals surface area contributed by atoms with Crippen LogP contribution in [0.4, 0.5) is 0 Å². The van der Waals surface area contributed by atoms with Gasteiger partial charge in [-0.3, -0.25) is 9.48 Å². The van der Waals surface area contributed by atoms with E-state index in [1.807, 2.05) is 24.3 Å². The Morgan fingerprint density at radius 3 is 2.81 bits per heavy atom. The summed E-state index contributed by atoms with van der Waals surface area (Å²) in [5.41, 5.74) is 1.46. The van der Waals surface area contributed by atoms with E-state index in [-0.39, 0.29) is 5.91 Å². The van der Waals surface area contributed by atoms with Crippen LogP contribution in [0.5, 0.6) is 5.75 Å². The standard InChI is InChI=1S/C19H21N5O2/c1-4-5-10-19(22-23-19)11-12-20-18(25)15-13-24(2)21-17(15)14-8-6-7-9-16(14)26-3/h1,6-9,13H,5,10-12H2,2-3H3,(H,20,25). The fourth-order valence-corrected chi connectivity index (χ4v) is 2.83. The Bertz CT molecular complexity index is 872. The van der Waals surface area contributed by atoms with Gasteiger partial charge in [-0.25, -0.2) is 0 Å². The predicted octanol–water partition coefficient (Wildman–Crippen LogP) is 2.79. The van der Waals surface area contributed by atoms with Gasteiger partial charge in [0.05, 0.1) is 12.7 Å². The van der Waals surface area contributed by atoms with Gasteiger partial charge in [0.1, 0.15) is 11.4 Å². The van der Waals surface area contributed by atoms with Crippen molar-refractivity contribution >= 4 is 5.91 Å². The van der Waals surface area contributed by atoms with E-state index < -0.39 is 5.66 Å². The first-order valence-corrected chi connectivity index (χ1v) is 8.41. The van der Waals surface area contributed by atoms with E-state index in [1.165, 1.54) is 0 Å². The number of terminal acetylenes is 1. The molecule has 0 radical (unpaired) electrons. The van der Waals surface area contributed by atoms with Gasteiger partial charge < -0.3 is 10.1 Å². The minimum Gasteiger partial charge on any atom is -0.496 e. The zero-order valence-electron chi connectivity index (χ0n) is 14.9. The molecule has 1 N–H and O–H groups in total. The van der Waals surface area contributed by atoms with E-state index in [9.17, 15) is 4.79 Å². The molecule has 1 aliphatic heterocycles. The van der Waals surface area contributed by atoms with E-state index in [1.54, 1.807) is 25.0 Å². The van der Waals surface area contributed by atoms with Gasteiger partial charge in [-0.05, 0) is 12.1 Å². The number of rotatable bonds is 8. The van der Waals surface area contributed by atoms with Gasteiger partial charge in [-0.1, -0.05) is 12.1 Å². The van der Waals surface area contributed by atoms with Crippen molar-refractivity contribution in [3.8, 4) is 29.4 Å².